The highest BCUT2D eigenvalue weighted by molar-refractivity contribution is 8.13. The average molecular weight is 246 g/mol. The molecule has 0 aromatic heterocycles. The van der Waals surface area contributed by atoms with Crippen molar-refractivity contribution in [3.05, 3.63) is 0 Å². The molecule has 0 aliphatic heterocycles. The van der Waals surface area contributed by atoms with Gasteiger partial charge in [0.15, 0.2) is 5.12 Å². The molecule has 0 aliphatic carbocycles. The van der Waals surface area contributed by atoms with Crippen LogP contribution >= 0.6 is 11.8 Å². The summed E-state index contributed by atoms with van der Waals surface area (Å²) in [4.78, 5) is 10.4. The van der Waals surface area contributed by atoms with Gasteiger partial charge in [0.05, 0.1) is 0 Å². The minimum atomic E-state index is -3.97. The predicted octanol–water partition coefficient (Wildman–Crippen LogP) is 3.73. The van der Waals surface area contributed by atoms with Gasteiger partial charge in [-0.1, -0.05) is 18.7 Å². The number of carbonyl (C=O) groups excluding carboxylic acids is 1. The van der Waals surface area contributed by atoms with Crippen molar-refractivity contribution in [1.29, 1.82) is 0 Å². The number of alkyl halides is 4. The van der Waals surface area contributed by atoms with E-state index >= 15 is 0 Å². The summed E-state index contributed by atoms with van der Waals surface area (Å²) in [6.07, 6.45) is -1.85. The van der Waals surface area contributed by atoms with Gasteiger partial charge in [0, 0.05) is 25.5 Å². The van der Waals surface area contributed by atoms with Gasteiger partial charge in [-0.15, -0.1) is 0 Å². The Morgan fingerprint density at radius 1 is 1.20 bits per heavy atom. The van der Waals surface area contributed by atoms with Crippen LogP contribution in [0.3, 0.4) is 0 Å². The lowest BCUT2D eigenvalue weighted by Crippen LogP contribution is -2.39. The smallest absolute Gasteiger partial charge is 0.288 e. The SMILES string of the molecule is CCC(F)(F)C(F)(F)CCCSC(C)=O. The molecule has 0 aromatic carbocycles. The number of halogens is 4. The molecule has 0 fully saturated rings. The summed E-state index contributed by atoms with van der Waals surface area (Å²) in [5.41, 5.74) is 0. The van der Waals surface area contributed by atoms with Crippen LogP contribution in [0.1, 0.15) is 33.1 Å². The molecule has 0 N–H and O–H groups in total. The van der Waals surface area contributed by atoms with Crippen LogP contribution in [0.5, 0.6) is 0 Å². The zero-order chi connectivity index (χ0) is 12.1. The summed E-state index contributed by atoms with van der Waals surface area (Å²) >= 11 is 0.873. The number of carbonyl (C=O) groups is 1. The summed E-state index contributed by atoms with van der Waals surface area (Å²) in [7, 11) is 0. The van der Waals surface area contributed by atoms with E-state index in [9.17, 15) is 22.4 Å². The first-order valence-electron chi connectivity index (χ1n) is 4.62. The van der Waals surface area contributed by atoms with Crippen molar-refractivity contribution in [2.45, 2.75) is 45.0 Å². The van der Waals surface area contributed by atoms with Crippen LogP contribution in [0.15, 0.2) is 0 Å². The van der Waals surface area contributed by atoms with Crippen LogP contribution in [-0.2, 0) is 4.79 Å². The maximum absolute atomic E-state index is 12.9. The van der Waals surface area contributed by atoms with Gasteiger partial charge >= 0.3 is 11.8 Å². The van der Waals surface area contributed by atoms with Crippen molar-refractivity contribution in [1.82, 2.24) is 0 Å². The molecule has 90 valence electrons. The normalized spacial score (nSPS) is 12.9. The van der Waals surface area contributed by atoms with Crippen LogP contribution < -0.4 is 0 Å². The Morgan fingerprint density at radius 3 is 2.13 bits per heavy atom. The van der Waals surface area contributed by atoms with Crippen LogP contribution in [0.25, 0.3) is 0 Å². The zero-order valence-electron chi connectivity index (χ0n) is 8.66. The number of rotatable bonds is 6. The second-order valence-electron chi connectivity index (χ2n) is 3.21. The lowest BCUT2D eigenvalue weighted by molar-refractivity contribution is -0.212. The van der Waals surface area contributed by atoms with E-state index in [0.717, 1.165) is 18.7 Å². The van der Waals surface area contributed by atoms with Crippen molar-refractivity contribution in [2.24, 2.45) is 0 Å². The van der Waals surface area contributed by atoms with E-state index in [4.69, 9.17) is 0 Å². The molecule has 0 heterocycles. The Morgan fingerprint density at radius 2 is 1.73 bits per heavy atom. The Bertz CT molecular complexity index is 218. The Hall–Kier alpha value is -0.260. The summed E-state index contributed by atoms with van der Waals surface area (Å²) in [5.74, 6) is -7.77. The number of thioether (sulfide) groups is 1. The predicted molar refractivity (Wildman–Crippen MR) is 52.6 cm³/mol. The lowest BCUT2D eigenvalue weighted by Gasteiger charge is -2.25. The van der Waals surface area contributed by atoms with Gasteiger partial charge < -0.3 is 0 Å². The molecule has 0 saturated carbocycles. The van der Waals surface area contributed by atoms with Crippen molar-refractivity contribution in [3.63, 3.8) is 0 Å². The monoisotopic (exact) mass is 246 g/mol. The van der Waals surface area contributed by atoms with Gasteiger partial charge in [0.1, 0.15) is 0 Å². The molecular weight excluding hydrogens is 232 g/mol. The molecule has 0 aliphatic rings. The highest BCUT2D eigenvalue weighted by atomic mass is 32.2. The highest BCUT2D eigenvalue weighted by Gasteiger charge is 2.53. The van der Waals surface area contributed by atoms with Crippen molar-refractivity contribution < 1.29 is 22.4 Å². The average Bonchev–Trinajstić information content (AvgIpc) is 2.12. The molecule has 0 spiro atoms. The third kappa shape index (κ3) is 4.86. The lowest BCUT2D eigenvalue weighted by atomic mass is 10.0. The molecule has 0 atom stereocenters. The first-order chi connectivity index (χ1) is 6.73. The minimum Gasteiger partial charge on any atom is -0.288 e. The van der Waals surface area contributed by atoms with Gasteiger partial charge in [0.2, 0.25) is 0 Å². The van der Waals surface area contributed by atoms with E-state index in [1.807, 2.05) is 0 Å². The third-order valence-electron chi connectivity index (χ3n) is 1.92. The van der Waals surface area contributed by atoms with Crippen LogP contribution in [-0.4, -0.2) is 22.7 Å². The Labute approximate surface area is 90.6 Å². The molecule has 0 bridgehead atoms. The fraction of sp³-hybridized carbons (Fsp3) is 0.889. The quantitative estimate of drug-likeness (QED) is 0.524. The minimum absolute atomic E-state index is 0.0904. The molecule has 0 unspecified atom stereocenters. The number of hydrogen-bond acceptors (Lipinski definition) is 2. The van der Waals surface area contributed by atoms with E-state index in [1.165, 1.54) is 6.92 Å². The third-order valence-corrected chi connectivity index (χ3v) is 2.82. The van der Waals surface area contributed by atoms with Crippen LogP contribution in [0.4, 0.5) is 17.6 Å². The van der Waals surface area contributed by atoms with Gasteiger partial charge in [-0.2, -0.15) is 17.6 Å². The van der Waals surface area contributed by atoms with Crippen molar-refractivity contribution in [2.75, 3.05) is 5.75 Å². The summed E-state index contributed by atoms with van der Waals surface area (Å²) in [6, 6.07) is 0. The Balaban J connectivity index is 3.99. The van der Waals surface area contributed by atoms with Crippen LogP contribution in [0, 0.1) is 0 Å². The Kier molecular flexibility index (Phi) is 5.62. The van der Waals surface area contributed by atoms with E-state index in [0.29, 0.717) is 0 Å². The molecule has 0 amide bonds. The molecular formula is C9H14F4OS. The first-order valence-corrected chi connectivity index (χ1v) is 5.60. The van der Waals surface area contributed by atoms with E-state index < -0.39 is 24.7 Å². The maximum Gasteiger partial charge on any atom is 0.310 e. The fourth-order valence-corrected chi connectivity index (χ4v) is 1.53. The van der Waals surface area contributed by atoms with Gasteiger partial charge in [-0.3, -0.25) is 4.79 Å². The largest absolute Gasteiger partial charge is 0.310 e. The summed E-state index contributed by atoms with van der Waals surface area (Å²) in [6.45, 7) is 2.34. The van der Waals surface area contributed by atoms with Crippen molar-refractivity contribution in [3.8, 4) is 0 Å². The van der Waals surface area contributed by atoms with E-state index in [1.54, 1.807) is 0 Å². The van der Waals surface area contributed by atoms with Gasteiger partial charge in [-0.25, -0.2) is 0 Å². The first kappa shape index (κ1) is 14.7. The second-order valence-corrected chi connectivity index (χ2v) is 4.48. The molecule has 0 aromatic rings. The molecule has 6 heteroatoms. The fourth-order valence-electron chi connectivity index (χ4n) is 0.952. The molecule has 15 heavy (non-hydrogen) atoms. The zero-order valence-corrected chi connectivity index (χ0v) is 9.47. The molecule has 0 radical (unpaired) electrons. The van der Waals surface area contributed by atoms with Crippen molar-refractivity contribution >= 4 is 16.9 Å². The molecule has 0 saturated heterocycles. The summed E-state index contributed by atoms with van der Waals surface area (Å²) in [5, 5.41) is -0.194. The number of hydrogen-bond donors (Lipinski definition) is 0. The topological polar surface area (TPSA) is 17.1 Å². The van der Waals surface area contributed by atoms with Crippen LogP contribution in [0.2, 0.25) is 0 Å². The molecule has 1 nitrogen and oxygen atoms in total. The summed E-state index contributed by atoms with van der Waals surface area (Å²) < 4.78 is 51.1. The second kappa shape index (κ2) is 5.72. The van der Waals surface area contributed by atoms with E-state index in [2.05, 4.69) is 0 Å². The maximum atomic E-state index is 12.9. The van der Waals surface area contributed by atoms with Gasteiger partial charge in [0.25, 0.3) is 0 Å². The van der Waals surface area contributed by atoms with E-state index in [-0.39, 0.29) is 17.3 Å². The van der Waals surface area contributed by atoms with Gasteiger partial charge in [-0.05, 0) is 6.42 Å². The highest BCUT2D eigenvalue weighted by Crippen LogP contribution is 2.40. The standard InChI is InChI=1S/C9H14F4OS/c1-3-8(10,11)9(12,13)5-4-6-15-7(2)14/h3-6H2,1-2H3. The molecule has 0 rings (SSSR count).